The Kier molecular flexibility index (Phi) is 7.24. The van der Waals surface area contributed by atoms with Crippen LogP contribution in [0.3, 0.4) is 0 Å². The molecule has 1 heterocycles. The van der Waals surface area contributed by atoms with Gasteiger partial charge in [0, 0.05) is 30.2 Å². The number of piperazine rings is 1. The first kappa shape index (κ1) is 25.9. The zero-order valence-electron chi connectivity index (χ0n) is 19.1. The molecule has 1 aliphatic rings. The van der Waals surface area contributed by atoms with Gasteiger partial charge in [-0.05, 0) is 63.5 Å². The normalized spacial score (nSPS) is 14.7. The number of rotatable bonds is 5. The van der Waals surface area contributed by atoms with Crippen molar-refractivity contribution < 1.29 is 13.2 Å². The number of hydrogen-bond acceptors (Lipinski definition) is 4. The number of halogens is 2. The lowest BCUT2D eigenvalue weighted by atomic mass is 10.0. The van der Waals surface area contributed by atoms with E-state index in [2.05, 4.69) is 0 Å². The molecule has 0 spiro atoms. The maximum Gasteiger partial charge on any atom is 0.243 e. The molecule has 0 radical (unpaired) electrons. The van der Waals surface area contributed by atoms with E-state index in [0.717, 1.165) is 27.1 Å². The third kappa shape index (κ3) is 5.03. The van der Waals surface area contributed by atoms with Crippen LogP contribution in [0.1, 0.15) is 11.1 Å². The van der Waals surface area contributed by atoms with Crippen LogP contribution in [0.15, 0.2) is 77.7 Å². The van der Waals surface area contributed by atoms with Crippen molar-refractivity contribution in [1.29, 1.82) is 5.41 Å². The van der Waals surface area contributed by atoms with Gasteiger partial charge in [-0.3, -0.25) is 10.2 Å². The van der Waals surface area contributed by atoms with E-state index in [0.29, 0.717) is 23.7 Å². The molecule has 1 fully saturated rings. The van der Waals surface area contributed by atoms with Crippen molar-refractivity contribution in [2.24, 2.45) is 5.73 Å². The van der Waals surface area contributed by atoms with Gasteiger partial charge in [0.05, 0.1) is 11.4 Å². The Bertz CT molecular complexity index is 1610. The second-order valence-corrected chi connectivity index (χ2v) is 11.0. The molecule has 0 aromatic heterocycles. The van der Waals surface area contributed by atoms with Crippen LogP contribution in [0, 0.1) is 5.41 Å². The van der Waals surface area contributed by atoms with Gasteiger partial charge >= 0.3 is 0 Å². The van der Waals surface area contributed by atoms with Gasteiger partial charge in [-0.2, -0.15) is 4.31 Å². The van der Waals surface area contributed by atoms with Gasteiger partial charge in [-0.1, -0.05) is 48.0 Å². The fraction of sp³-hybridized carbons (Fsp3) is 0.154. The average Bonchev–Trinajstić information content (AvgIpc) is 2.84. The Morgan fingerprint density at radius 1 is 0.889 bits per heavy atom. The van der Waals surface area contributed by atoms with Gasteiger partial charge in [0.1, 0.15) is 5.84 Å². The third-order valence-corrected chi connectivity index (χ3v) is 8.36. The number of fused-ring (bicyclic) bond motifs is 2. The highest BCUT2D eigenvalue weighted by Crippen LogP contribution is 2.26. The SMILES string of the molecule is Cl.N=C(N)c1ccc2ccc(CN3CCN(S(=O)(=O)c4ccc5cc(Cl)ccc5c4)CC3=O)cc2c1. The molecule has 4 aromatic carbocycles. The Morgan fingerprint density at radius 2 is 1.58 bits per heavy atom. The number of nitrogens with two attached hydrogens (primary N) is 1. The van der Waals surface area contributed by atoms with Crippen LogP contribution >= 0.6 is 24.0 Å². The van der Waals surface area contributed by atoms with E-state index in [4.69, 9.17) is 22.7 Å². The van der Waals surface area contributed by atoms with Crippen LogP contribution in [-0.4, -0.2) is 49.0 Å². The highest BCUT2D eigenvalue weighted by molar-refractivity contribution is 7.89. The molecule has 0 atom stereocenters. The van der Waals surface area contributed by atoms with Gasteiger partial charge in [-0.15, -0.1) is 12.4 Å². The minimum Gasteiger partial charge on any atom is -0.384 e. The standard InChI is InChI=1S/C26H23ClN4O3S.ClH/c27-23-7-5-20-14-24(8-6-19(20)13-23)35(33,34)31-10-9-30(25(32)16-31)15-17-1-2-18-3-4-21(26(28)29)12-22(18)11-17;/h1-8,11-14H,9-10,15-16H2,(H3,28,29);1H. The molecule has 186 valence electrons. The predicted octanol–water partition coefficient (Wildman–Crippen LogP) is 4.39. The Labute approximate surface area is 220 Å². The van der Waals surface area contributed by atoms with Crippen molar-refractivity contribution in [1.82, 2.24) is 9.21 Å². The number of carbonyl (C=O) groups is 1. The maximum absolute atomic E-state index is 13.2. The summed E-state index contributed by atoms with van der Waals surface area (Å²) in [7, 11) is -3.81. The zero-order chi connectivity index (χ0) is 24.7. The van der Waals surface area contributed by atoms with Crippen LogP contribution in [0.5, 0.6) is 0 Å². The first-order valence-corrected chi connectivity index (χ1v) is 12.9. The Balaban J connectivity index is 0.00000304. The molecule has 0 unspecified atom stereocenters. The predicted molar refractivity (Wildman–Crippen MR) is 145 cm³/mol. The largest absolute Gasteiger partial charge is 0.384 e. The topological polar surface area (TPSA) is 108 Å². The maximum atomic E-state index is 13.2. The Morgan fingerprint density at radius 3 is 2.33 bits per heavy atom. The van der Waals surface area contributed by atoms with Gasteiger partial charge in [0.25, 0.3) is 0 Å². The molecule has 0 bridgehead atoms. The molecule has 4 aromatic rings. The lowest BCUT2D eigenvalue weighted by Gasteiger charge is -2.33. The number of nitrogens with one attached hydrogen (secondary N) is 1. The summed E-state index contributed by atoms with van der Waals surface area (Å²) in [5, 5.41) is 11.8. The van der Waals surface area contributed by atoms with Crippen molar-refractivity contribution in [3.05, 3.63) is 88.9 Å². The summed E-state index contributed by atoms with van der Waals surface area (Å²) in [5.74, 6) is -0.245. The van der Waals surface area contributed by atoms with Crippen LogP contribution in [0.2, 0.25) is 5.02 Å². The highest BCUT2D eigenvalue weighted by Gasteiger charge is 2.33. The van der Waals surface area contributed by atoms with Crippen molar-refractivity contribution >= 4 is 67.3 Å². The molecule has 1 aliphatic heterocycles. The summed E-state index contributed by atoms with van der Waals surface area (Å²) in [6.07, 6.45) is 0. The van der Waals surface area contributed by atoms with Gasteiger partial charge in [-0.25, -0.2) is 8.42 Å². The number of nitrogens with zero attached hydrogens (tertiary/aromatic N) is 2. The molecule has 3 N–H and O–H groups in total. The molecule has 10 heteroatoms. The number of nitrogen functional groups attached to an aromatic ring is 1. The first-order valence-electron chi connectivity index (χ1n) is 11.0. The van der Waals surface area contributed by atoms with E-state index in [1.54, 1.807) is 47.4 Å². The van der Waals surface area contributed by atoms with E-state index in [-0.39, 0.29) is 42.1 Å². The highest BCUT2D eigenvalue weighted by atomic mass is 35.5. The summed E-state index contributed by atoms with van der Waals surface area (Å²) in [5.41, 5.74) is 7.17. The molecule has 36 heavy (non-hydrogen) atoms. The molecule has 0 aliphatic carbocycles. The van der Waals surface area contributed by atoms with Crippen LogP contribution < -0.4 is 5.73 Å². The first-order chi connectivity index (χ1) is 16.7. The van der Waals surface area contributed by atoms with Gasteiger partial charge in [0.15, 0.2) is 0 Å². The molecular formula is C26H24Cl2N4O3S. The number of carbonyl (C=O) groups excluding carboxylic acids is 1. The number of hydrogen-bond donors (Lipinski definition) is 2. The lowest BCUT2D eigenvalue weighted by Crippen LogP contribution is -2.51. The molecular weight excluding hydrogens is 519 g/mol. The lowest BCUT2D eigenvalue weighted by molar-refractivity contribution is -0.134. The Hall–Kier alpha value is -3.17. The molecule has 7 nitrogen and oxygen atoms in total. The molecule has 1 amide bonds. The fourth-order valence-corrected chi connectivity index (χ4v) is 5.94. The number of benzene rings is 4. The van der Waals surface area contributed by atoms with Crippen molar-refractivity contribution in [3.63, 3.8) is 0 Å². The number of amidine groups is 1. The fourth-order valence-electron chi connectivity index (χ4n) is 4.35. The third-order valence-electron chi connectivity index (χ3n) is 6.28. The van der Waals surface area contributed by atoms with Crippen molar-refractivity contribution in [2.45, 2.75) is 11.4 Å². The van der Waals surface area contributed by atoms with E-state index in [1.165, 1.54) is 4.31 Å². The van der Waals surface area contributed by atoms with Crippen LogP contribution in [-0.2, 0) is 21.4 Å². The monoisotopic (exact) mass is 542 g/mol. The molecule has 1 saturated heterocycles. The van der Waals surface area contributed by atoms with E-state index >= 15 is 0 Å². The van der Waals surface area contributed by atoms with Gasteiger partial charge in [0.2, 0.25) is 15.9 Å². The quantitative estimate of drug-likeness (QED) is 0.288. The smallest absolute Gasteiger partial charge is 0.243 e. The molecule has 0 saturated carbocycles. The number of sulfonamides is 1. The average molecular weight is 543 g/mol. The van der Waals surface area contributed by atoms with Crippen LogP contribution in [0.25, 0.3) is 21.5 Å². The van der Waals surface area contributed by atoms with E-state index in [1.807, 2.05) is 30.3 Å². The van der Waals surface area contributed by atoms with E-state index in [9.17, 15) is 13.2 Å². The minimum atomic E-state index is -3.81. The van der Waals surface area contributed by atoms with Gasteiger partial charge < -0.3 is 10.6 Å². The van der Waals surface area contributed by atoms with Crippen molar-refractivity contribution in [3.8, 4) is 0 Å². The van der Waals surface area contributed by atoms with Crippen molar-refractivity contribution in [2.75, 3.05) is 19.6 Å². The molecule has 5 rings (SSSR count). The summed E-state index contributed by atoms with van der Waals surface area (Å²) in [4.78, 5) is 14.7. The summed E-state index contributed by atoms with van der Waals surface area (Å²) < 4.78 is 27.7. The summed E-state index contributed by atoms with van der Waals surface area (Å²) >= 11 is 6.02. The number of amides is 1. The second kappa shape index (κ2) is 10.1. The minimum absolute atomic E-state index is 0. The van der Waals surface area contributed by atoms with Crippen LogP contribution in [0.4, 0.5) is 0 Å². The summed E-state index contributed by atoms with van der Waals surface area (Å²) in [6.45, 7) is 0.689. The second-order valence-electron chi connectivity index (χ2n) is 8.62. The van der Waals surface area contributed by atoms with E-state index < -0.39 is 10.0 Å². The zero-order valence-corrected chi connectivity index (χ0v) is 21.5. The summed E-state index contributed by atoms with van der Waals surface area (Å²) in [6, 6.07) is 21.6.